The highest BCUT2D eigenvalue weighted by atomic mass is 16.2. The molecule has 0 aliphatic carbocycles. The van der Waals surface area contributed by atoms with E-state index >= 15 is 0 Å². The van der Waals surface area contributed by atoms with Gasteiger partial charge in [0.05, 0.1) is 6.54 Å². The predicted molar refractivity (Wildman–Crippen MR) is 101 cm³/mol. The van der Waals surface area contributed by atoms with E-state index in [1.807, 2.05) is 30.0 Å². The molecule has 2 amide bonds. The molecule has 2 rings (SSSR count). The van der Waals surface area contributed by atoms with Crippen LogP contribution in [0.4, 0.5) is 0 Å². The number of hydrogen-bond acceptors (Lipinski definition) is 3. The number of amides is 2. The smallest absolute Gasteiger partial charge is 0.242 e. The summed E-state index contributed by atoms with van der Waals surface area (Å²) in [5.41, 5.74) is 1.20. The average Bonchev–Trinajstić information content (AvgIpc) is 2.66. The zero-order chi connectivity index (χ0) is 17.9. The monoisotopic (exact) mass is 343 g/mol. The number of benzene rings is 1. The van der Waals surface area contributed by atoms with E-state index in [2.05, 4.69) is 34.5 Å². The van der Waals surface area contributed by atoms with E-state index in [1.54, 1.807) is 0 Å². The molecule has 0 spiro atoms. The van der Waals surface area contributed by atoms with Gasteiger partial charge >= 0.3 is 0 Å². The number of nitrogens with one attached hydrogen (secondary N) is 1. The van der Waals surface area contributed by atoms with Crippen LogP contribution in [0.3, 0.4) is 0 Å². The maximum Gasteiger partial charge on any atom is 0.242 e. The Bertz CT molecular complexity index is 564. The number of piperazine rings is 1. The van der Waals surface area contributed by atoms with E-state index in [9.17, 15) is 9.59 Å². The first-order valence-corrected chi connectivity index (χ1v) is 9.17. The van der Waals surface area contributed by atoms with Gasteiger partial charge in [-0.25, -0.2) is 0 Å². The minimum absolute atomic E-state index is 0.0179. The topological polar surface area (TPSA) is 52.7 Å². The van der Waals surface area contributed by atoms with Crippen LogP contribution in [-0.4, -0.2) is 60.9 Å². The second-order valence-corrected chi connectivity index (χ2v) is 6.37. The first-order valence-electron chi connectivity index (χ1n) is 9.17. The lowest BCUT2D eigenvalue weighted by molar-refractivity contribution is -0.134. The van der Waals surface area contributed by atoms with Crippen molar-refractivity contribution in [2.24, 2.45) is 0 Å². The van der Waals surface area contributed by atoms with Gasteiger partial charge in [0, 0.05) is 39.1 Å². The first kappa shape index (κ1) is 19.2. The van der Waals surface area contributed by atoms with Crippen molar-refractivity contribution in [3.8, 4) is 0 Å². The molecule has 0 atom stereocenters. The standard InChI is InChI=1S/C20H29N3O2/c1-2-3-11-19(24)21-17-20(25)23-15-13-22(14-16-23)12-7-10-18-8-5-4-6-9-18/h4-10H,2-3,11-17H2,1H3,(H,21,24)/b10-7+. The highest BCUT2D eigenvalue weighted by Gasteiger charge is 2.20. The molecule has 25 heavy (non-hydrogen) atoms. The molecule has 5 nitrogen and oxygen atoms in total. The van der Waals surface area contributed by atoms with Gasteiger partial charge in [0.1, 0.15) is 0 Å². The first-order chi connectivity index (χ1) is 12.2. The van der Waals surface area contributed by atoms with Gasteiger partial charge in [0.2, 0.25) is 11.8 Å². The van der Waals surface area contributed by atoms with Crippen LogP contribution in [0, 0.1) is 0 Å². The van der Waals surface area contributed by atoms with Gasteiger partial charge in [0.25, 0.3) is 0 Å². The van der Waals surface area contributed by atoms with Crippen LogP contribution in [-0.2, 0) is 9.59 Å². The summed E-state index contributed by atoms with van der Waals surface area (Å²) in [5.74, 6) is -0.00999. The Balaban J connectivity index is 1.64. The van der Waals surface area contributed by atoms with Crippen LogP contribution in [0.2, 0.25) is 0 Å². The summed E-state index contributed by atoms with van der Waals surface area (Å²) in [4.78, 5) is 27.9. The van der Waals surface area contributed by atoms with Gasteiger partial charge in [-0.15, -0.1) is 0 Å². The number of carbonyl (C=O) groups excluding carboxylic acids is 2. The summed E-state index contributed by atoms with van der Waals surface area (Å²) in [7, 11) is 0. The Morgan fingerprint density at radius 1 is 1.12 bits per heavy atom. The second-order valence-electron chi connectivity index (χ2n) is 6.37. The lowest BCUT2D eigenvalue weighted by Gasteiger charge is -2.34. The number of hydrogen-bond donors (Lipinski definition) is 1. The van der Waals surface area contributed by atoms with Gasteiger partial charge in [-0.05, 0) is 12.0 Å². The number of unbranched alkanes of at least 4 members (excludes halogenated alkanes) is 1. The van der Waals surface area contributed by atoms with E-state index in [0.717, 1.165) is 45.6 Å². The van der Waals surface area contributed by atoms with Gasteiger partial charge in [0.15, 0.2) is 0 Å². The van der Waals surface area contributed by atoms with E-state index in [-0.39, 0.29) is 18.4 Å². The molecular weight excluding hydrogens is 314 g/mol. The highest BCUT2D eigenvalue weighted by Crippen LogP contribution is 2.05. The van der Waals surface area contributed by atoms with E-state index in [4.69, 9.17) is 0 Å². The second kappa shape index (κ2) is 10.7. The zero-order valence-electron chi connectivity index (χ0n) is 15.1. The molecule has 0 saturated carbocycles. The largest absolute Gasteiger partial charge is 0.347 e. The molecule has 1 aromatic rings. The fraction of sp³-hybridized carbons (Fsp3) is 0.500. The Morgan fingerprint density at radius 2 is 1.84 bits per heavy atom. The van der Waals surface area contributed by atoms with Crippen molar-refractivity contribution >= 4 is 17.9 Å². The summed E-state index contributed by atoms with van der Waals surface area (Å²) >= 11 is 0. The van der Waals surface area contributed by atoms with Gasteiger partial charge < -0.3 is 10.2 Å². The minimum Gasteiger partial charge on any atom is -0.347 e. The quantitative estimate of drug-likeness (QED) is 0.787. The lowest BCUT2D eigenvalue weighted by Crippen LogP contribution is -2.51. The maximum atomic E-state index is 12.2. The molecule has 1 aromatic carbocycles. The Kier molecular flexibility index (Phi) is 8.19. The fourth-order valence-electron chi connectivity index (χ4n) is 2.79. The van der Waals surface area contributed by atoms with Crippen LogP contribution in [0.5, 0.6) is 0 Å². The molecule has 0 radical (unpaired) electrons. The molecule has 0 unspecified atom stereocenters. The van der Waals surface area contributed by atoms with Gasteiger partial charge in [-0.1, -0.05) is 55.8 Å². The van der Waals surface area contributed by atoms with Gasteiger partial charge in [-0.3, -0.25) is 14.5 Å². The molecule has 5 heteroatoms. The molecule has 0 aromatic heterocycles. The molecule has 1 fully saturated rings. The SMILES string of the molecule is CCCCC(=O)NCC(=O)N1CCN(C/C=C/c2ccccc2)CC1. The molecule has 1 heterocycles. The zero-order valence-corrected chi connectivity index (χ0v) is 15.1. The van der Waals surface area contributed by atoms with Crippen molar-refractivity contribution in [2.45, 2.75) is 26.2 Å². The van der Waals surface area contributed by atoms with Crippen molar-refractivity contribution in [1.29, 1.82) is 0 Å². The van der Waals surface area contributed by atoms with Crippen LogP contribution in [0.25, 0.3) is 6.08 Å². The molecule has 1 aliphatic heterocycles. The van der Waals surface area contributed by atoms with Crippen LogP contribution >= 0.6 is 0 Å². The summed E-state index contributed by atoms with van der Waals surface area (Å²) in [6.07, 6.45) is 6.66. The molecule has 0 bridgehead atoms. The normalized spacial score (nSPS) is 15.5. The van der Waals surface area contributed by atoms with Crippen molar-refractivity contribution < 1.29 is 9.59 Å². The van der Waals surface area contributed by atoms with E-state index < -0.39 is 0 Å². The third-order valence-electron chi connectivity index (χ3n) is 4.39. The molecule has 1 N–H and O–H groups in total. The van der Waals surface area contributed by atoms with Crippen molar-refractivity contribution in [2.75, 3.05) is 39.3 Å². The fourth-order valence-corrected chi connectivity index (χ4v) is 2.79. The molecular formula is C20H29N3O2. The number of rotatable bonds is 8. The highest BCUT2D eigenvalue weighted by molar-refractivity contribution is 5.84. The van der Waals surface area contributed by atoms with Crippen molar-refractivity contribution in [3.05, 3.63) is 42.0 Å². The predicted octanol–water partition coefficient (Wildman–Crippen LogP) is 2.15. The van der Waals surface area contributed by atoms with Crippen molar-refractivity contribution in [3.63, 3.8) is 0 Å². The van der Waals surface area contributed by atoms with Crippen LogP contribution in [0.15, 0.2) is 36.4 Å². The minimum atomic E-state index is -0.0279. The van der Waals surface area contributed by atoms with E-state index in [0.29, 0.717) is 6.42 Å². The van der Waals surface area contributed by atoms with Gasteiger partial charge in [-0.2, -0.15) is 0 Å². The van der Waals surface area contributed by atoms with E-state index in [1.165, 1.54) is 5.56 Å². The summed E-state index contributed by atoms with van der Waals surface area (Å²) in [5, 5.41) is 2.72. The summed E-state index contributed by atoms with van der Waals surface area (Å²) in [6, 6.07) is 10.2. The lowest BCUT2D eigenvalue weighted by atomic mass is 10.2. The molecule has 136 valence electrons. The molecule has 1 saturated heterocycles. The summed E-state index contributed by atoms with van der Waals surface area (Å²) in [6.45, 7) is 6.25. The Hall–Kier alpha value is -2.14. The van der Waals surface area contributed by atoms with Crippen LogP contribution in [0.1, 0.15) is 31.7 Å². The third kappa shape index (κ3) is 7.10. The molecule has 1 aliphatic rings. The summed E-state index contributed by atoms with van der Waals surface area (Å²) < 4.78 is 0. The van der Waals surface area contributed by atoms with Crippen LogP contribution < -0.4 is 5.32 Å². The number of nitrogens with zero attached hydrogens (tertiary/aromatic N) is 2. The Morgan fingerprint density at radius 3 is 2.52 bits per heavy atom. The van der Waals surface area contributed by atoms with Crippen molar-refractivity contribution in [1.82, 2.24) is 15.1 Å². The Labute approximate surface area is 150 Å². The average molecular weight is 343 g/mol. The third-order valence-corrected chi connectivity index (χ3v) is 4.39. The maximum absolute atomic E-state index is 12.2. The number of carbonyl (C=O) groups is 2.